The molecule has 1 atom stereocenters. The first-order valence-electron chi connectivity index (χ1n) is 9.76. The van der Waals surface area contributed by atoms with Crippen molar-refractivity contribution >= 4 is 34.8 Å². The molecular weight excluding hydrogens is 397 g/mol. The van der Waals surface area contributed by atoms with Gasteiger partial charge in [-0.15, -0.1) is 0 Å². The molecule has 3 aliphatic heterocycles. The zero-order chi connectivity index (χ0) is 19.3. The number of carbonyl (C=O) groups excluding carboxylic acids is 1. The maximum atomic E-state index is 11.9. The van der Waals surface area contributed by atoms with E-state index in [-0.39, 0.29) is 12.1 Å². The largest absolute Gasteiger partial charge is 0.383 e. The smallest absolute Gasteiger partial charge is 0.234 e. The van der Waals surface area contributed by atoms with Crippen LogP contribution in [0.2, 0.25) is 10.0 Å². The summed E-state index contributed by atoms with van der Waals surface area (Å²) in [6.07, 6.45) is 4.89. The number of carbonyl (C=O) groups is 1. The third-order valence-corrected chi connectivity index (χ3v) is 6.28. The number of amides is 1. The third kappa shape index (κ3) is 3.45. The Morgan fingerprint density at radius 2 is 2.04 bits per heavy atom. The van der Waals surface area contributed by atoms with E-state index in [1.54, 1.807) is 6.07 Å². The second-order valence-corrected chi connectivity index (χ2v) is 8.66. The lowest BCUT2D eigenvalue weighted by Crippen LogP contribution is -2.50. The molecule has 0 aromatic heterocycles. The summed E-state index contributed by atoms with van der Waals surface area (Å²) in [6, 6.07) is 5.61. The van der Waals surface area contributed by atoms with E-state index in [1.807, 2.05) is 12.1 Å². The van der Waals surface area contributed by atoms with Crippen molar-refractivity contribution in [2.45, 2.75) is 19.0 Å². The highest BCUT2D eigenvalue weighted by Crippen LogP contribution is 2.39. The molecule has 1 amide bonds. The lowest BCUT2D eigenvalue weighted by molar-refractivity contribution is -0.123. The zero-order valence-corrected chi connectivity index (χ0v) is 17.0. The SMILES string of the molecule is O=C1CN(CC2=C(c3ccc(Cl)cc3Cl)NC3CNC(C4CC4)=CN23)CCN1. The summed E-state index contributed by atoms with van der Waals surface area (Å²) in [5.74, 6) is 0.737. The van der Waals surface area contributed by atoms with Crippen LogP contribution in [0, 0.1) is 5.92 Å². The molecule has 3 heterocycles. The Labute approximate surface area is 174 Å². The molecule has 2 fully saturated rings. The van der Waals surface area contributed by atoms with E-state index in [2.05, 4.69) is 32.0 Å². The molecular formula is C20H23Cl2N5O. The van der Waals surface area contributed by atoms with E-state index in [1.165, 1.54) is 18.5 Å². The van der Waals surface area contributed by atoms with Crippen molar-refractivity contribution in [3.63, 3.8) is 0 Å². The summed E-state index contributed by atoms with van der Waals surface area (Å²) < 4.78 is 0. The maximum absolute atomic E-state index is 11.9. The predicted octanol–water partition coefficient (Wildman–Crippen LogP) is 2.18. The maximum Gasteiger partial charge on any atom is 0.234 e. The van der Waals surface area contributed by atoms with Crippen LogP contribution in [-0.2, 0) is 4.79 Å². The molecule has 8 heteroatoms. The fourth-order valence-electron chi connectivity index (χ4n) is 4.13. The average molecular weight is 420 g/mol. The molecule has 3 N–H and O–H groups in total. The van der Waals surface area contributed by atoms with Gasteiger partial charge in [-0.1, -0.05) is 23.2 Å². The van der Waals surface area contributed by atoms with E-state index in [0.29, 0.717) is 35.6 Å². The highest BCUT2D eigenvalue weighted by atomic mass is 35.5. The number of benzene rings is 1. The van der Waals surface area contributed by atoms with Gasteiger partial charge in [-0.2, -0.15) is 0 Å². The minimum Gasteiger partial charge on any atom is -0.383 e. The van der Waals surface area contributed by atoms with Gasteiger partial charge in [0, 0.05) is 48.0 Å². The number of halogens is 2. The summed E-state index contributed by atoms with van der Waals surface area (Å²) in [5.41, 5.74) is 4.44. The van der Waals surface area contributed by atoms with Gasteiger partial charge >= 0.3 is 0 Å². The number of piperazine rings is 1. The fraction of sp³-hybridized carbons (Fsp3) is 0.450. The predicted molar refractivity (Wildman–Crippen MR) is 110 cm³/mol. The first-order chi connectivity index (χ1) is 13.6. The van der Waals surface area contributed by atoms with Crippen LogP contribution < -0.4 is 16.0 Å². The number of allylic oxidation sites excluding steroid dienone is 1. The molecule has 1 aliphatic carbocycles. The molecule has 0 radical (unpaired) electrons. The molecule has 28 heavy (non-hydrogen) atoms. The van der Waals surface area contributed by atoms with Crippen molar-refractivity contribution in [3.8, 4) is 0 Å². The molecule has 0 bridgehead atoms. The van der Waals surface area contributed by atoms with Crippen molar-refractivity contribution in [2.24, 2.45) is 5.92 Å². The summed E-state index contributed by atoms with van der Waals surface area (Å²) >= 11 is 12.7. The molecule has 1 saturated heterocycles. The molecule has 5 rings (SSSR count). The van der Waals surface area contributed by atoms with Gasteiger partial charge in [0.2, 0.25) is 5.91 Å². The molecule has 1 aromatic carbocycles. The standard InChI is InChI=1S/C20H23Cl2N5O/c21-13-3-4-14(15(22)7-13)20-17(10-26-6-5-23-19(28)11-26)27-9-16(12-1-2-12)24-8-18(27)25-20/h3-4,7,9,12,18,24-25H,1-2,5-6,8,10-11H2,(H,23,28). The minimum absolute atomic E-state index is 0.0787. The Morgan fingerprint density at radius 1 is 1.18 bits per heavy atom. The summed E-state index contributed by atoms with van der Waals surface area (Å²) in [5, 5.41) is 11.4. The van der Waals surface area contributed by atoms with Gasteiger partial charge < -0.3 is 20.9 Å². The van der Waals surface area contributed by atoms with Crippen LogP contribution >= 0.6 is 23.2 Å². The summed E-state index contributed by atoms with van der Waals surface area (Å²) in [7, 11) is 0. The minimum atomic E-state index is 0.0787. The molecule has 0 spiro atoms. The van der Waals surface area contributed by atoms with Gasteiger partial charge in [0.15, 0.2) is 0 Å². The fourth-order valence-corrected chi connectivity index (χ4v) is 4.64. The molecule has 1 aromatic rings. The quantitative estimate of drug-likeness (QED) is 0.697. The van der Waals surface area contributed by atoms with Crippen LogP contribution in [0.25, 0.3) is 5.70 Å². The van der Waals surface area contributed by atoms with Crippen molar-refractivity contribution in [2.75, 3.05) is 32.7 Å². The first-order valence-corrected chi connectivity index (χ1v) is 10.5. The monoisotopic (exact) mass is 419 g/mol. The zero-order valence-electron chi connectivity index (χ0n) is 15.5. The topological polar surface area (TPSA) is 59.6 Å². The van der Waals surface area contributed by atoms with E-state index in [0.717, 1.165) is 30.0 Å². The van der Waals surface area contributed by atoms with Crippen molar-refractivity contribution in [3.05, 3.63) is 51.4 Å². The molecule has 6 nitrogen and oxygen atoms in total. The van der Waals surface area contributed by atoms with Crippen LogP contribution in [0.4, 0.5) is 0 Å². The van der Waals surface area contributed by atoms with Crippen LogP contribution in [0.3, 0.4) is 0 Å². The Bertz CT molecular complexity index is 879. The van der Waals surface area contributed by atoms with Crippen LogP contribution in [0.1, 0.15) is 18.4 Å². The van der Waals surface area contributed by atoms with Crippen LogP contribution in [0.5, 0.6) is 0 Å². The average Bonchev–Trinajstić information content (AvgIpc) is 3.46. The molecule has 1 unspecified atom stereocenters. The van der Waals surface area contributed by atoms with Crippen LogP contribution in [0.15, 0.2) is 35.8 Å². The Morgan fingerprint density at radius 3 is 2.79 bits per heavy atom. The number of fused-ring (bicyclic) bond motifs is 1. The van der Waals surface area contributed by atoms with Crippen LogP contribution in [-0.4, -0.2) is 54.6 Å². The van der Waals surface area contributed by atoms with Gasteiger partial charge in [0.05, 0.1) is 29.5 Å². The Hall–Kier alpha value is -1.89. The summed E-state index contributed by atoms with van der Waals surface area (Å²) in [4.78, 5) is 16.4. The first kappa shape index (κ1) is 18.2. The summed E-state index contributed by atoms with van der Waals surface area (Å²) in [6.45, 7) is 3.47. The van der Waals surface area contributed by atoms with E-state index in [9.17, 15) is 4.79 Å². The van der Waals surface area contributed by atoms with E-state index in [4.69, 9.17) is 23.2 Å². The number of hydrogen-bond acceptors (Lipinski definition) is 5. The lowest BCUT2D eigenvalue weighted by atomic mass is 10.1. The second-order valence-electron chi connectivity index (χ2n) is 7.81. The van der Waals surface area contributed by atoms with Gasteiger partial charge in [-0.3, -0.25) is 9.69 Å². The van der Waals surface area contributed by atoms with Gasteiger partial charge in [0.25, 0.3) is 0 Å². The van der Waals surface area contributed by atoms with E-state index >= 15 is 0 Å². The van der Waals surface area contributed by atoms with E-state index < -0.39 is 0 Å². The Balaban J connectivity index is 1.52. The molecule has 148 valence electrons. The number of nitrogens with zero attached hydrogens (tertiary/aromatic N) is 2. The second kappa shape index (κ2) is 7.17. The van der Waals surface area contributed by atoms with Gasteiger partial charge in [-0.25, -0.2) is 0 Å². The third-order valence-electron chi connectivity index (χ3n) is 5.73. The molecule has 4 aliphatic rings. The van der Waals surface area contributed by atoms with Crippen molar-refractivity contribution in [1.29, 1.82) is 0 Å². The number of rotatable bonds is 4. The lowest BCUT2D eigenvalue weighted by Gasteiger charge is -2.34. The molecule has 1 saturated carbocycles. The Kier molecular flexibility index (Phi) is 4.65. The number of nitrogens with one attached hydrogen (secondary N) is 3. The highest BCUT2D eigenvalue weighted by molar-refractivity contribution is 6.35. The van der Waals surface area contributed by atoms with Crippen molar-refractivity contribution < 1.29 is 4.79 Å². The van der Waals surface area contributed by atoms with Crippen molar-refractivity contribution in [1.82, 2.24) is 25.8 Å². The number of hydrogen-bond donors (Lipinski definition) is 3. The normalized spacial score (nSPS) is 25.1. The highest BCUT2D eigenvalue weighted by Gasteiger charge is 2.38. The van der Waals surface area contributed by atoms with Gasteiger partial charge in [0.1, 0.15) is 6.17 Å². The van der Waals surface area contributed by atoms with Gasteiger partial charge in [-0.05, 0) is 31.0 Å².